The second-order valence-corrected chi connectivity index (χ2v) is 6.18. The van der Waals surface area contributed by atoms with Crippen molar-refractivity contribution in [2.24, 2.45) is 0 Å². The van der Waals surface area contributed by atoms with Crippen molar-refractivity contribution < 1.29 is 33.3 Å². The molecule has 0 saturated carbocycles. The number of amides is 1. The zero-order valence-corrected chi connectivity index (χ0v) is 17.2. The van der Waals surface area contributed by atoms with Gasteiger partial charge >= 0.3 is 11.9 Å². The Balaban J connectivity index is 2.17. The van der Waals surface area contributed by atoms with Crippen LogP contribution in [0.15, 0.2) is 48.5 Å². The first-order valence-electron chi connectivity index (χ1n) is 9.37. The van der Waals surface area contributed by atoms with Gasteiger partial charge in [0.05, 0.1) is 33.3 Å². The van der Waals surface area contributed by atoms with Crippen molar-refractivity contribution in [2.75, 3.05) is 27.4 Å². The van der Waals surface area contributed by atoms with Gasteiger partial charge in [-0.2, -0.15) is 0 Å². The molecule has 0 fully saturated rings. The van der Waals surface area contributed by atoms with Crippen LogP contribution >= 0.6 is 0 Å². The highest BCUT2D eigenvalue weighted by molar-refractivity contribution is 5.95. The highest BCUT2D eigenvalue weighted by Gasteiger charge is 2.21. The third-order valence-electron chi connectivity index (χ3n) is 4.18. The molecule has 1 amide bonds. The zero-order valence-electron chi connectivity index (χ0n) is 17.2. The molecule has 2 rings (SSSR count). The van der Waals surface area contributed by atoms with Gasteiger partial charge in [0.25, 0.3) is 5.91 Å². The molecule has 0 heterocycles. The Morgan fingerprint density at radius 1 is 0.967 bits per heavy atom. The van der Waals surface area contributed by atoms with Crippen LogP contribution in [0.4, 0.5) is 0 Å². The van der Waals surface area contributed by atoms with Gasteiger partial charge in [-0.3, -0.25) is 9.59 Å². The Bertz CT molecular complexity index is 867. The summed E-state index contributed by atoms with van der Waals surface area (Å²) in [6.45, 7) is 1.71. The molecule has 2 aromatic rings. The quantitative estimate of drug-likeness (QED) is 0.596. The first-order valence-corrected chi connectivity index (χ1v) is 9.37. The molecular weight excluding hydrogens is 390 g/mol. The summed E-state index contributed by atoms with van der Waals surface area (Å²) in [7, 11) is 2.69. The van der Waals surface area contributed by atoms with Gasteiger partial charge in [0, 0.05) is 5.56 Å². The molecule has 160 valence electrons. The lowest BCUT2D eigenvalue weighted by Gasteiger charge is -2.19. The van der Waals surface area contributed by atoms with E-state index < -0.39 is 23.9 Å². The van der Waals surface area contributed by atoms with Crippen molar-refractivity contribution in [3.8, 4) is 11.5 Å². The standard InChI is InChI=1S/C22H25NO7/c1-4-29-20(24)13-17(15-8-6-5-7-9-15)23-22(26)16-10-11-18(19(12-16)27-2)30-14-21(25)28-3/h5-12,17H,4,13-14H2,1-3H3,(H,23,26). The summed E-state index contributed by atoms with van der Waals surface area (Å²) in [5, 5.41) is 2.86. The Hall–Kier alpha value is -3.55. The number of hydrogen-bond acceptors (Lipinski definition) is 7. The molecule has 0 radical (unpaired) electrons. The molecular formula is C22H25NO7. The van der Waals surface area contributed by atoms with Crippen molar-refractivity contribution in [3.63, 3.8) is 0 Å². The van der Waals surface area contributed by atoms with Crippen molar-refractivity contribution in [1.82, 2.24) is 5.32 Å². The van der Waals surface area contributed by atoms with Gasteiger partial charge in [-0.15, -0.1) is 0 Å². The van der Waals surface area contributed by atoms with Gasteiger partial charge in [0.2, 0.25) is 0 Å². The normalized spacial score (nSPS) is 11.2. The Labute approximate surface area is 175 Å². The SMILES string of the molecule is CCOC(=O)CC(NC(=O)c1ccc(OCC(=O)OC)c(OC)c1)c1ccccc1. The summed E-state index contributed by atoms with van der Waals surface area (Å²) in [5.74, 6) is -0.760. The fourth-order valence-electron chi connectivity index (χ4n) is 2.69. The van der Waals surface area contributed by atoms with Crippen molar-refractivity contribution >= 4 is 17.8 Å². The van der Waals surface area contributed by atoms with E-state index in [1.165, 1.54) is 32.4 Å². The van der Waals surface area contributed by atoms with E-state index in [1.54, 1.807) is 6.92 Å². The average Bonchev–Trinajstić information content (AvgIpc) is 2.77. The molecule has 30 heavy (non-hydrogen) atoms. The number of esters is 2. The van der Waals surface area contributed by atoms with Gasteiger partial charge in [0.15, 0.2) is 18.1 Å². The fourth-order valence-corrected chi connectivity index (χ4v) is 2.69. The van der Waals surface area contributed by atoms with Crippen LogP contribution in [0.3, 0.4) is 0 Å². The predicted molar refractivity (Wildman–Crippen MR) is 108 cm³/mol. The minimum Gasteiger partial charge on any atom is -0.493 e. The van der Waals surface area contributed by atoms with Gasteiger partial charge in [-0.1, -0.05) is 30.3 Å². The van der Waals surface area contributed by atoms with E-state index >= 15 is 0 Å². The maximum atomic E-state index is 12.8. The third kappa shape index (κ3) is 6.51. The zero-order chi connectivity index (χ0) is 21.9. The number of ether oxygens (including phenoxy) is 4. The molecule has 0 aliphatic carbocycles. The van der Waals surface area contributed by atoms with Crippen LogP contribution < -0.4 is 14.8 Å². The number of nitrogens with one attached hydrogen (secondary N) is 1. The van der Waals surface area contributed by atoms with E-state index in [0.717, 1.165) is 5.56 Å². The highest BCUT2D eigenvalue weighted by Crippen LogP contribution is 2.28. The summed E-state index contributed by atoms with van der Waals surface area (Å²) < 4.78 is 20.2. The topological polar surface area (TPSA) is 100 Å². The van der Waals surface area contributed by atoms with Crippen LogP contribution in [-0.2, 0) is 19.1 Å². The van der Waals surface area contributed by atoms with E-state index in [4.69, 9.17) is 14.2 Å². The van der Waals surface area contributed by atoms with E-state index in [0.29, 0.717) is 11.3 Å². The number of hydrogen-bond donors (Lipinski definition) is 1. The van der Waals surface area contributed by atoms with Gasteiger partial charge in [-0.25, -0.2) is 4.79 Å². The van der Waals surface area contributed by atoms with E-state index in [9.17, 15) is 14.4 Å². The van der Waals surface area contributed by atoms with E-state index in [-0.39, 0.29) is 25.4 Å². The maximum absolute atomic E-state index is 12.8. The van der Waals surface area contributed by atoms with Gasteiger partial charge in [-0.05, 0) is 30.7 Å². The number of methoxy groups -OCH3 is 2. The molecule has 1 atom stereocenters. The average molecular weight is 415 g/mol. The molecule has 0 bridgehead atoms. The minimum atomic E-state index is -0.556. The van der Waals surface area contributed by atoms with Crippen LogP contribution in [0, 0.1) is 0 Å². The Morgan fingerprint density at radius 3 is 2.33 bits per heavy atom. The van der Waals surface area contributed by atoms with Crippen LogP contribution in [0.1, 0.15) is 35.3 Å². The largest absolute Gasteiger partial charge is 0.493 e. The lowest BCUT2D eigenvalue weighted by Crippen LogP contribution is -2.30. The summed E-state index contributed by atoms with van der Waals surface area (Å²) in [6, 6.07) is 13.2. The first-order chi connectivity index (χ1) is 14.5. The summed E-state index contributed by atoms with van der Waals surface area (Å²) >= 11 is 0. The Kier molecular flexibility index (Phi) is 8.68. The van der Waals surface area contributed by atoms with Gasteiger partial charge in [0.1, 0.15) is 0 Å². The van der Waals surface area contributed by atoms with Crippen molar-refractivity contribution in [1.29, 1.82) is 0 Å². The number of benzene rings is 2. The van der Waals surface area contributed by atoms with Crippen LogP contribution in [0.5, 0.6) is 11.5 Å². The summed E-state index contributed by atoms with van der Waals surface area (Å²) in [4.78, 5) is 36.1. The van der Waals surface area contributed by atoms with Crippen LogP contribution in [-0.4, -0.2) is 45.3 Å². The fraction of sp³-hybridized carbons (Fsp3) is 0.318. The smallest absolute Gasteiger partial charge is 0.343 e. The molecule has 0 aliphatic rings. The molecule has 0 aliphatic heterocycles. The molecule has 2 aromatic carbocycles. The van der Waals surface area contributed by atoms with Gasteiger partial charge < -0.3 is 24.3 Å². The molecule has 0 saturated heterocycles. The molecule has 8 nitrogen and oxygen atoms in total. The maximum Gasteiger partial charge on any atom is 0.343 e. The molecule has 1 N–H and O–H groups in total. The first kappa shape index (κ1) is 22.7. The Morgan fingerprint density at radius 2 is 1.70 bits per heavy atom. The summed E-state index contributed by atoms with van der Waals surface area (Å²) in [6.07, 6.45) is 0.00104. The van der Waals surface area contributed by atoms with Crippen molar-refractivity contribution in [2.45, 2.75) is 19.4 Å². The number of carbonyl (C=O) groups excluding carboxylic acids is 3. The molecule has 0 aromatic heterocycles. The third-order valence-corrected chi connectivity index (χ3v) is 4.18. The van der Waals surface area contributed by atoms with E-state index in [2.05, 4.69) is 10.1 Å². The molecule has 8 heteroatoms. The van der Waals surface area contributed by atoms with Crippen LogP contribution in [0.25, 0.3) is 0 Å². The lowest BCUT2D eigenvalue weighted by atomic mass is 10.0. The van der Waals surface area contributed by atoms with E-state index in [1.807, 2.05) is 30.3 Å². The second-order valence-electron chi connectivity index (χ2n) is 6.18. The lowest BCUT2D eigenvalue weighted by molar-refractivity contribution is -0.144. The number of carbonyl (C=O) groups is 3. The second kappa shape index (κ2) is 11.5. The molecule has 1 unspecified atom stereocenters. The monoisotopic (exact) mass is 415 g/mol. The van der Waals surface area contributed by atoms with Crippen molar-refractivity contribution in [3.05, 3.63) is 59.7 Å². The predicted octanol–water partition coefficient (Wildman–Crippen LogP) is 2.67. The number of rotatable bonds is 10. The summed E-state index contributed by atoms with van der Waals surface area (Å²) in [5.41, 5.74) is 1.09. The van der Waals surface area contributed by atoms with Crippen LogP contribution in [0.2, 0.25) is 0 Å². The minimum absolute atomic E-state index is 0.00104. The highest BCUT2D eigenvalue weighted by atomic mass is 16.6. The molecule has 0 spiro atoms.